The molecular weight excluding hydrogens is 428 g/mol. The molecule has 2 atom stereocenters. The fourth-order valence-corrected chi connectivity index (χ4v) is 4.44. The third-order valence-electron chi connectivity index (χ3n) is 6.35. The van der Waals surface area contributed by atoms with Gasteiger partial charge in [0.05, 0.1) is 11.4 Å². The third kappa shape index (κ3) is 5.08. The number of urea groups is 1. The molecule has 2 fully saturated rings. The Kier molecular flexibility index (Phi) is 6.78. The van der Waals surface area contributed by atoms with E-state index in [9.17, 15) is 14.0 Å². The standard InChI is InChI=1S/C24H29F2N5O2/c1-29(2)17-11-13-30(15-17)16-9-10-22(19(26)14-16)31-12-5-8-21(23(31)32)28-24(33)27-20-7-4-3-6-18(20)25/h3-4,6-7,9-10,14,17,21H,5,8,11-13,15H2,1-2H3,(H2,27,28,33)/t17?,21-/m1/s1. The molecule has 2 saturated heterocycles. The van der Waals surface area contributed by atoms with Crippen molar-refractivity contribution in [3.63, 3.8) is 0 Å². The zero-order valence-corrected chi connectivity index (χ0v) is 18.9. The normalized spacial score (nSPS) is 20.9. The zero-order valence-electron chi connectivity index (χ0n) is 18.9. The number of likely N-dealkylation sites (N-methyl/N-ethyl adjacent to an activating group) is 1. The predicted molar refractivity (Wildman–Crippen MR) is 125 cm³/mol. The van der Waals surface area contributed by atoms with Crippen molar-refractivity contribution in [2.24, 2.45) is 0 Å². The Hall–Kier alpha value is -3.20. The molecule has 2 aliphatic rings. The molecule has 2 aromatic rings. The summed E-state index contributed by atoms with van der Waals surface area (Å²) in [5, 5.41) is 5.01. The lowest BCUT2D eigenvalue weighted by molar-refractivity contribution is -0.121. The minimum atomic E-state index is -0.816. The first kappa shape index (κ1) is 23.0. The average molecular weight is 458 g/mol. The fourth-order valence-electron chi connectivity index (χ4n) is 4.44. The Morgan fingerprint density at radius 3 is 2.55 bits per heavy atom. The predicted octanol–water partition coefficient (Wildman–Crippen LogP) is 3.42. The summed E-state index contributed by atoms with van der Waals surface area (Å²) >= 11 is 0. The number of nitrogens with one attached hydrogen (secondary N) is 2. The van der Waals surface area contributed by atoms with Crippen molar-refractivity contribution in [3.05, 3.63) is 54.1 Å². The molecule has 3 amide bonds. The number of amides is 3. The number of nitrogens with zero attached hydrogens (tertiary/aromatic N) is 3. The zero-order chi connectivity index (χ0) is 23.5. The summed E-state index contributed by atoms with van der Waals surface area (Å²) in [6, 6.07) is 9.66. The number of hydrogen-bond acceptors (Lipinski definition) is 4. The molecule has 1 unspecified atom stereocenters. The first-order valence-corrected chi connectivity index (χ1v) is 11.2. The highest BCUT2D eigenvalue weighted by Gasteiger charge is 2.33. The van der Waals surface area contributed by atoms with Gasteiger partial charge in [-0.2, -0.15) is 0 Å². The number of anilines is 3. The minimum Gasteiger partial charge on any atom is -0.370 e. The molecule has 0 spiro atoms. The van der Waals surface area contributed by atoms with Crippen molar-refractivity contribution in [1.29, 1.82) is 0 Å². The van der Waals surface area contributed by atoms with Crippen LogP contribution in [0.3, 0.4) is 0 Å². The van der Waals surface area contributed by atoms with E-state index in [-0.39, 0.29) is 17.3 Å². The van der Waals surface area contributed by atoms with Gasteiger partial charge < -0.3 is 25.3 Å². The van der Waals surface area contributed by atoms with Crippen LogP contribution in [0.25, 0.3) is 0 Å². The van der Waals surface area contributed by atoms with E-state index in [0.29, 0.717) is 25.4 Å². The fraction of sp³-hybridized carbons (Fsp3) is 0.417. The molecule has 0 bridgehead atoms. The van der Waals surface area contributed by atoms with Crippen LogP contribution < -0.4 is 20.4 Å². The summed E-state index contributed by atoms with van der Waals surface area (Å²) in [6.45, 7) is 2.06. The molecule has 2 aromatic carbocycles. The summed E-state index contributed by atoms with van der Waals surface area (Å²) in [5.74, 6) is -1.42. The van der Waals surface area contributed by atoms with Crippen LogP contribution in [-0.4, -0.2) is 62.7 Å². The van der Waals surface area contributed by atoms with Gasteiger partial charge in [0.1, 0.15) is 17.7 Å². The average Bonchev–Trinajstić information content (AvgIpc) is 3.28. The molecule has 7 nitrogen and oxygen atoms in total. The second-order valence-electron chi connectivity index (χ2n) is 8.75. The summed E-state index contributed by atoms with van der Waals surface area (Å²) in [5.41, 5.74) is 1.02. The number of piperidine rings is 1. The lowest BCUT2D eigenvalue weighted by Gasteiger charge is -2.33. The number of rotatable bonds is 5. The maximum atomic E-state index is 15.1. The molecule has 176 valence electrons. The Bertz CT molecular complexity index is 1030. The van der Waals surface area contributed by atoms with E-state index in [0.717, 1.165) is 25.2 Å². The van der Waals surface area contributed by atoms with Gasteiger partial charge in [0.2, 0.25) is 5.91 Å². The molecule has 33 heavy (non-hydrogen) atoms. The lowest BCUT2D eigenvalue weighted by Crippen LogP contribution is -2.53. The number of hydrogen-bond donors (Lipinski definition) is 2. The van der Waals surface area contributed by atoms with Crippen LogP contribution in [0.1, 0.15) is 19.3 Å². The van der Waals surface area contributed by atoms with Crippen LogP contribution in [0.5, 0.6) is 0 Å². The molecule has 2 aliphatic heterocycles. The smallest absolute Gasteiger partial charge is 0.319 e. The second-order valence-corrected chi connectivity index (χ2v) is 8.75. The Morgan fingerprint density at radius 1 is 1.06 bits per heavy atom. The van der Waals surface area contributed by atoms with Crippen molar-refractivity contribution in [2.45, 2.75) is 31.3 Å². The molecule has 4 rings (SSSR count). The van der Waals surface area contributed by atoms with Crippen molar-refractivity contribution in [2.75, 3.05) is 48.8 Å². The highest BCUT2D eigenvalue weighted by molar-refractivity contribution is 6.01. The minimum absolute atomic E-state index is 0.0233. The van der Waals surface area contributed by atoms with Crippen LogP contribution in [-0.2, 0) is 4.79 Å². The molecule has 2 N–H and O–H groups in total. The molecule has 0 saturated carbocycles. The summed E-state index contributed by atoms with van der Waals surface area (Å²) in [7, 11) is 4.09. The monoisotopic (exact) mass is 457 g/mol. The van der Waals surface area contributed by atoms with Gasteiger partial charge in [0.15, 0.2) is 0 Å². The van der Waals surface area contributed by atoms with Gasteiger partial charge in [0.25, 0.3) is 0 Å². The Balaban J connectivity index is 1.42. The highest BCUT2D eigenvalue weighted by atomic mass is 19.1. The molecule has 0 radical (unpaired) electrons. The maximum Gasteiger partial charge on any atom is 0.319 e. The molecule has 0 aromatic heterocycles. The maximum absolute atomic E-state index is 15.1. The van der Waals surface area contributed by atoms with Crippen LogP contribution in [0, 0.1) is 11.6 Å². The van der Waals surface area contributed by atoms with Gasteiger partial charge in [-0.1, -0.05) is 12.1 Å². The molecular formula is C24H29F2N5O2. The topological polar surface area (TPSA) is 67.9 Å². The van der Waals surface area contributed by atoms with Gasteiger partial charge in [-0.25, -0.2) is 13.6 Å². The van der Waals surface area contributed by atoms with Crippen molar-refractivity contribution in [1.82, 2.24) is 10.2 Å². The quantitative estimate of drug-likeness (QED) is 0.722. The van der Waals surface area contributed by atoms with Crippen LogP contribution >= 0.6 is 0 Å². The first-order chi connectivity index (χ1) is 15.8. The summed E-state index contributed by atoms with van der Waals surface area (Å²) in [4.78, 5) is 31.0. The van der Waals surface area contributed by atoms with Crippen molar-refractivity contribution in [3.8, 4) is 0 Å². The number of para-hydroxylation sites is 1. The van der Waals surface area contributed by atoms with Crippen LogP contribution in [0.4, 0.5) is 30.6 Å². The van der Waals surface area contributed by atoms with E-state index in [2.05, 4.69) is 20.4 Å². The summed E-state index contributed by atoms with van der Waals surface area (Å²) < 4.78 is 28.8. The molecule has 2 heterocycles. The van der Waals surface area contributed by atoms with Crippen molar-refractivity contribution >= 4 is 29.0 Å². The SMILES string of the molecule is CN(C)C1CCN(c2ccc(N3CCC[C@@H](NC(=O)Nc4ccccc4F)C3=O)c(F)c2)C1. The van der Waals surface area contributed by atoms with E-state index < -0.39 is 23.7 Å². The second kappa shape index (κ2) is 9.74. The highest BCUT2D eigenvalue weighted by Crippen LogP contribution is 2.30. The first-order valence-electron chi connectivity index (χ1n) is 11.2. The number of carbonyl (C=O) groups is 2. The third-order valence-corrected chi connectivity index (χ3v) is 6.35. The van der Waals surface area contributed by atoms with E-state index >= 15 is 4.39 Å². The van der Waals surface area contributed by atoms with E-state index in [4.69, 9.17) is 0 Å². The van der Waals surface area contributed by atoms with E-state index in [1.165, 1.54) is 29.2 Å². The lowest BCUT2D eigenvalue weighted by atomic mass is 10.0. The van der Waals surface area contributed by atoms with E-state index in [1.807, 2.05) is 20.2 Å². The van der Waals surface area contributed by atoms with Crippen LogP contribution in [0.2, 0.25) is 0 Å². The van der Waals surface area contributed by atoms with Gasteiger partial charge >= 0.3 is 6.03 Å². The largest absolute Gasteiger partial charge is 0.370 e. The number of carbonyl (C=O) groups excluding carboxylic acids is 2. The number of benzene rings is 2. The van der Waals surface area contributed by atoms with Crippen LogP contribution in [0.15, 0.2) is 42.5 Å². The Labute approximate surface area is 192 Å². The van der Waals surface area contributed by atoms with Gasteiger partial charge in [-0.05, 0) is 63.7 Å². The summed E-state index contributed by atoms with van der Waals surface area (Å²) in [6.07, 6.45) is 2.05. The van der Waals surface area contributed by atoms with Gasteiger partial charge in [-0.15, -0.1) is 0 Å². The molecule has 0 aliphatic carbocycles. The number of halogens is 2. The van der Waals surface area contributed by atoms with Crippen molar-refractivity contribution < 1.29 is 18.4 Å². The Morgan fingerprint density at radius 2 is 1.85 bits per heavy atom. The van der Waals surface area contributed by atoms with Gasteiger partial charge in [-0.3, -0.25) is 4.79 Å². The van der Waals surface area contributed by atoms with E-state index in [1.54, 1.807) is 12.1 Å². The molecule has 9 heteroatoms. The van der Waals surface area contributed by atoms with Gasteiger partial charge in [0, 0.05) is 31.4 Å².